The normalized spacial score (nSPS) is 15.9. The fraction of sp³-hybridized carbons (Fsp3) is 0.300. The van der Waals surface area contributed by atoms with Crippen molar-refractivity contribution < 1.29 is 0 Å². The van der Waals surface area contributed by atoms with E-state index in [1.165, 1.54) is 12.8 Å². The fourth-order valence-electron chi connectivity index (χ4n) is 4.79. The zero-order valence-corrected chi connectivity index (χ0v) is 23.5. The molecule has 4 N–H and O–H groups in total. The van der Waals surface area contributed by atoms with Crippen LogP contribution in [0.1, 0.15) is 50.8 Å². The first kappa shape index (κ1) is 26.0. The van der Waals surface area contributed by atoms with Gasteiger partial charge in [-0.2, -0.15) is 10.4 Å². The molecule has 3 heterocycles. The van der Waals surface area contributed by atoms with Crippen LogP contribution < -0.4 is 21.6 Å². The molecule has 0 saturated heterocycles. The van der Waals surface area contributed by atoms with Gasteiger partial charge in [-0.3, -0.25) is 9.99 Å². The highest BCUT2D eigenvalue weighted by Crippen LogP contribution is 2.37. The van der Waals surface area contributed by atoms with Crippen molar-refractivity contribution >= 4 is 33.9 Å². The number of hydrogen-bond acceptors (Lipinski definition) is 8. The Bertz CT molecular complexity index is 1610. The van der Waals surface area contributed by atoms with Gasteiger partial charge in [-0.25, -0.2) is 4.68 Å². The molecule has 0 unspecified atom stereocenters. The molecule has 2 aliphatic rings. The number of nitrogens with zero attached hydrogens (tertiary/aromatic N) is 5. The molecule has 10 heteroatoms. The Morgan fingerprint density at radius 3 is 2.77 bits per heavy atom. The smallest absolute Gasteiger partial charge is 0.103 e. The molecule has 1 aliphatic carbocycles. The van der Waals surface area contributed by atoms with Crippen molar-refractivity contribution in [1.82, 2.24) is 30.7 Å². The van der Waals surface area contributed by atoms with Gasteiger partial charge in [0.1, 0.15) is 6.07 Å². The number of aromatic nitrogens is 3. The van der Waals surface area contributed by atoms with Gasteiger partial charge in [-0.15, -0.1) is 5.53 Å². The van der Waals surface area contributed by atoms with E-state index in [-0.39, 0.29) is 11.5 Å². The van der Waals surface area contributed by atoms with Crippen molar-refractivity contribution in [2.24, 2.45) is 5.41 Å². The lowest BCUT2D eigenvalue weighted by molar-refractivity contribution is 0.260. The molecule has 0 bridgehead atoms. The molecule has 4 aromatic rings. The maximum absolute atomic E-state index is 9.85. The van der Waals surface area contributed by atoms with Crippen LogP contribution in [0.25, 0.3) is 16.6 Å². The minimum Gasteiger partial charge on any atom is -0.383 e. The van der Waals surface area contributed by atoms with E-state index in [2.05, 4.69) is 81.9 Å². The van der Waals surface area contributed by atoms with Crippen LogP contribution >= 0.6 is 11.6 Å². The average molecular weight is 554 g/mol. The Balaban J connectivity index is 1.42. The molecule has 204 valence electrons. The van der Waals surface area contributed by atoms with E-state index in [0.717, 1.165) is 33.7 Å². The van der Waals surface area contributed by atoms with Gasteiger partial charge in [0.25, 0.3) is 0 Å². The van der Waals surface area contributed by atoms with Gasteiger partial charge >= 0.3 is 0 Å². The maximum Gasteiger partial charge on any atom is 0.103 e. The summed E-state index contributed by atoms with van der Waals surface area (Å²) in [5, 5.41) is 24.9. The predicted octanol–water partition coefficient (Wildman–Crippen LogP) is 5.89. The molecule has 0 amide bonds. The first-order chi connectivity index (χ1) is 19.3. The zero-order valence-electron chi connectivity index (χ0n) is 22.7. The lowest BCUT2D eigenvalue weighted by atomic mass is 9.96. The van der Waals surface area contributed by atoms with E-state index in [4.69, 9.17) is 11.6 Å². The molecule has 40 heavy (non-hydrogen) atoms. The molecule has 1 aliphatic heterocycles. The average Bonchev–Trinajstić information content (AvgIpc) is 3.41. The second-order valence-electron chi connectivity index (χ2n) is 11.5. The van der Waals surface area contributed by atoms with Gasteiger partial charge in [-0.05, 0) is 54.2 Å². The van der Waals surface area contributed by atoms with E-state index in [9.17, 15) is 5.26 Å². The lowest BCUT2D eigenvalue weighted by Gasteiger charge is -2.24. The summed E-state index contributed by atoms with van der Waals surface area (Å²) in [6, 6.07) is 16.7. The predicted molar refractivity (Wildman–Crippen MR) is 159 cm³/mol. The van der Waals surface area contributed by atoms with Crippen LogP contribution in [-0.4, -0.2) is 32.4 Å². The van der Waals surface area contributed by atoms with Crippen LogP contribution in [0.3, 0.4) is 0 Å². The second kappa shape index (κ2) is 10.4. The summed E-state index contributed by atoms with van der Waals surface area (Å²) in [5.41, 5.74) is 12.4. The van der Waals surface area contributed by atoms with Crippen molar-refractivity contribution in [1.29, 1.82) is 5.26 Å². The Labute approximate surface area is 238 Å². The summed E-state index contributed by atoms with van der Waals surface area (Å²) in [6.07, 6.45) is 9.76. The topological polar surface area (TPSA) is 106 Å². The number of hydrogen-bond donors (Lipinski definition) is 4. The van der Waals surface area contributed by atoms with Crippen LogP contribution in [0.15, 0.2) is 73.0 Å². The first-order valence-electron chi connectivity index (χ1n) is 13.4. The summed E-state index contributed by atoms with van der Waals surface area (Å²) >= 11 is 6.80. The van der Waals surface area contributed by atoms with Crippen molar-refractivity contribution in [2.45, 2.75) is 45.7 Å². The third kappa shape index (κ3) is 5.41. The van der Waals surface area contributed by atoms with Gasteiger partial charge < -0.3 is 16.1 Å². The fourth-order valence-corrected chi connectivity index (χ4v) is 5.06. The van der Waals surface area contributed by atoms with E-state index < -0.39 is 0 Å². The third-order valence-electron chi connectivity index (χ3n) is 6.98. The quantitative estimate of drug-likeness (QED) is 0.214. The minimum absolute atomic E-state index is 0.0215. The number of hydrazine groups is 2. The van der Waals surface area contributed by atoms with Crippen molar-refractivity contribution in [3.8, 4) is 11.8 Å². The van der Waals surface area contributed by atoms with Crippen molar-refractivity contribution in [3.05, 3.63) is 89.1 Å². The van der Waals surface area contributed by atoms with Crippen molar-refractivity contribution in [2.75, 3.05) is 17.2 Å². The molecule has 2 aromatic carbocycles. The Morgan fingerprint density at radius 2 is 2.05 bits per heavy atom. The van der Waals surface area contributed by atoms with E-state index in [1.54, 1.807) is 12.4 Å². The molecule has 0 spiro atoms. The van der Waals surface area contributed by atoms with Gasteiger partial charge in [0.15, 0.2) is 0 Å². The van der Waals surface area contributed by atoms with Gasteiger partial charge in [0, 0.05) is 48.5 Å². The summed E-state index contributed by atoms with van der Waals surface area (Å²) in [6.45, 7) is 7.15. The second-order valence-corrected chi connectivity index (χ2v) is 11.9. The van der Waals surface area contributed by atoms with Crippen LogP contribution in [0.4, 0.5) is 11.4 Å². The molecule has 2 aromatic heterocycles. The molecule has 0 radical (unpaired) electrons. The molecular weight excluding hydrogens is 522 g/mol. The van der Waals surface area contributed by atoms with Crippen LogP contribution in [-0.2, 0) is 0 Å². The van der Waals surface area contributed by atoms with Crippen molar-refractivity contribution in [3.63, 3.8) is 0 Å². The number of pyridine rings is 1. The van der Waals surface area contributed by atoms with E-state index >= 15 is 0 Å². The van der Waals surface area contributed by atoms with Gasteiger partial charge in [0.2, 0.25) is 0 Å². The highest BCUT2D eigenvalue weighted by Gasteiger charge is 2.32. The molecule has 1 saturated carbocycles. The van der Waals surface area contributed by atoms with Crippen LogP contribution in [0.2, 0.25) is 5.02 Å². The SMILES string of the molecule is CC(C)(C)CNc1c(C#N)cnc2c(Cl)cc(N[C@H](C3=CN(C4CC4)NN3)c3cccc(-n4cccn4)c3)cc12. The molecule has 9 nitrogen and oxygen atoms in total. The van der Waals surface area contributed by atoms with E-state index in [0.29, 0.717) is 28.7 Å². The van der Waals surface area contributed by atoms with E-state index in [1.807, 2.05) is 41.2 Å². The number of halogens is 1. The summed E-state index contributed by atoms with van der Waals surface area (Å²) in [4.78, 5) is 4.52. The number of anilines is 2. The molecule has 1 fully saturated rings. The number of fused-ring (bicyclic) bond motifs is 1. The molecular formula is C30H32ClN9. The maximum atomic E-state index is 9.85. The number of nitriles is 1. The lowest BCUT2D eigenvalue weighted by Crippen LogP contribution is -2.38. The minimum atomic E-state index is -0.224. The third-order valence-corrected chi connectivity index (χ3v) is 7.27. The summed E-state index contributed by atoms with van der Waals surface area (Å²) in [5.74, 6) is 0. The number of nitrogens with one attached hydrogen (secondary N) is 4. The van der Waals surface area contributed by atoms with Gasteiger partial charge in [-0.1, -0.05) is 44.5 Å². The number of benzene rings is 2. The molecule has 6 rings (SSSR count). The highest BCUT2D eigenvalue weighted by atomic mass is 35.5. The van der Waals surface area contributed by atoms with Crippen LogP contribution in [0, 0.1) is 16.7 Å². The Kier molecular flexibility index (Phi) is 6.74. The monoisotopic (exact) mass is 553 g/mol. The molecule has 1 atom stereocenters. The first-order valence-corrected chi connectivity index (χ1v) is 13.8. The highest BCUT2D eigenvalue weighted by molar-refractivity contribution is 6.35. The van der Waals surface area contributed by atoms with Gasteiger partial charge in [0.05, 0.1) is 39.2 Å². The largest absolute Gasteiger partial charge is 0.383 e. The Morgan fingerprint density at radius 1 is 1.20 bits per heavy atom. The summed E-state index contributed by atoms with van der Waals surface area (Å²) < 4.78 is 1.85. The standard InChI is InChI=1S/C30H32ClN9/c1-30(2,3)18-34-27-20(15-32)16-33-29-24(27)13-21(14-25(29)31)36-28(26-17-40(38-37-26)22-8-9-22)19-6-4-7-23(12-19)39-11-5-10-35-39/h4-7,10-14,16-17,22,28,36-38H,8-9,18H2,1-3H3,(H,33,34)/t28-/m0/s1. The zero-order chi connectivity index (χ0) is 27.9. The Hall–Kier alpha value is -4.26. The van der Waals surface area contributed by atoms with Crippen LogP contribution in [0.5, 0.6) is 0 Å². The summed E-state index contributed by atoms with van der Waals surface area (Å²) in [7, 11) is 0. The number of rotatable bonds is 8.